The largest absolute Gasteiger partial charge is 0.490 e. The first-order valence-electron chi connectivity index (χ1n) is 9.07. The highest BCUT2D eigenvalue weighted by molar-refractivity contribution is 5.67. The molecule has 0 aliphatic rings. The van der Waals surface area contributed by atoms with Crippen molar-refractivity contribution >= 4 is 5.97 Å². The molecule has 140 valence electrons. The lowest BCUT2D eigenvalue weighted by Gasteiger charge is -2.23. The molecular formula is C22H28O4. The van der Waals surface area contributed by atoms with Gasteiger partial charge in [-0.05, 0) is 53.6 Å². The minimum Gasteiger partial charge on any atom is -0.490 e. The summed E-state index contributed by atoms with van der Waals surface area (Å²) in [4.78, 5) is 10.6. The standard InChI is InChI=1S/C22H28O4/c1-4-22(2,3)18-8-12-20(13-9-18)26-16-15-25-19-10-5-17(6-11-19)7-14-21(23)24/h5-6,8-13H,4,7,14-16H2,1-3H3,(H,23,24). The number of hydrogen-bond acceptors (Lipinski definition) is 3. The Morgan fingerprint density at radius 2 is 1.42 bits per heavy atom. The summed E-state index contributed by atoms with van der Waals surface area (Å²) in [6.45, 7) is 7.60. The van der Waals surface area contributed by atoms with Crippen molar-refractivity contribution in [3.05, 3.63) is 59.7 Å². The smallest absolute Gasteiger partial charge is 0.303 e. The first-order valence-corrected chi connectivity index (χ1v) is 9.07. The predicted octanol–water partition coefficient (Wildman–Crippen LogP) is 4.85. The van der Waals surface area contributed by atoms with E-state index in [2.05, 4.69) is 32.9 Å². The van der Waals surface area contributed by atoms with Crippen LogP contribution >= 0.6 is 0 Å². The van der Waals surface area contributed by atoms with Crippen molar-refractivity contribution in [2.45, 2.75) is 45.4 Å². The zero-order valence-corrected chi connectivity index (χ0v) is 15.8. The molecule has 0 spiro atoms. The summed E-state index contributed by atoms with van der Waals surface area (Å²) in [6.07, 6.45) is 1.77. The molecule has 0 heterocycles. The molecule has 2 aromatic rings. The Kier molecular flexibility index (Phi) is 7.07. The van der Waals surface area contributed by atoms with Gasteiger partial charge in [0.1, 0.15) is 24.7 Å². The lowest BCUT2D eigenvalue weighted by molar-refractivity contribution is -0.136. The molecule has 0 aromatic heterocycles. The number of hydrogen-bond donors (Lipinski definition) is 1. The molecule has 0 atom stereocenters. The van der Waals surface area contributed by atoms with Crippen LogP contribution in [0.4, 0.5) is 0 Å². The number of aryl methyl sites for hydroxylation is 1. The first kappa shape index (κ1) is 19.8. The van der Waals surface area contributed by atoms with Crippen molar-refractivity contribution in [3.63, 3.8) is 0 Å². The van der Waals surface area contributed by atoms with E-state index in [-0.39, 0.29) is 11.8 Å². The Hall–Kier alpha value is -2.49. The molecule has 0 aliphatic heterocycles. The Balaban J connectivity index is 1.74. The Labute approximate surface area is 155 Å². The molecule has 1 N–H and O–H groups in total. The van der Waals surface area contributed by atoms with Gasteiger partial charge in [0.05, 0.1) is 0 Å². The van der Waals surface area contributed by atoms with Crippen LogP contribution in [-0.2, 0) is 16.6 Å². The number of ether oxygens (including phenoxy) is 2. The lowest BCUT2D eigenvalue weighted by atomic mass is 9.82. The highest BCUT2D eigenvalue weighted by atomic mass is 16.5. The van der Waals surface area contributed by atoms with Crippen LogP contribution in [0, 0.1) is 0 Å². The molecule has 0 bridgehead atoms. The van der Waals surface area contributed by atoms with E-state index in [0.717, 1.165) is 23.5 Å². The minimum atomic E-state index is -0.784. The number of benzene rings is 2. The summed E-state index contributed by atoms with van der Waals surface area (Å²) in [5, 5.41) is 8.70. The minimum absolute atomic E-state index is 0.141. The number of carboxylic acid groups (broad SMARTS) is 1. The highest BCUT2D eigenvalue weighted by Crippen LogP contribution is 2.28. The zero-order valence-electron chi connectivity index (χ0n) is 15.8. The van der Waals surface area contributed by atoms with Crippen LogP contribution in [-0.4, -0.2) is 24.3 Å². The van der Waals surface area contributed by atoms with Gasteiger partial charge in [0, 0.05) is 6.42 Å². The van der Waals surface area contributed by atoms with Gasteiger partial charge in [-0.25, -0.2) is 0 Å². The number of rotatable bonds is 10. The number of aliphatic carboxylic acids is 1. The van der Waals surface area contributed by atoms with Gasteiger partial charge >= 0.3 is 5.97 Å². The van der Waals surface area contributed by atoms with Gasteiger partial charge in [0.25, 0.3) is 0 Å². The monoisotopic (exact) mass is 356 g/mol. The summed E-state index contributed by atoms with van der Waals surface area (Å²) >= 11 is 0. The highest BCUT2D eigenvalue weighted by Gasteiger charge is 2.17. The Bertz CT molecular complexity index is 687. The summed E-state index contributed by atoms with van der Waals surface area (Å²) in [6, 6.07) is 15.8. The Morgan fingerprint density at radius 1 is 0.923 bits per heavy atom. The van der Waals surface area contributed by atoms with Crippen molar-refractivity contribution in [3.8, 4) is 11.5 Å². The van der Waals surface area contributed by atoms with Gasteiger partial charge in [-0.1, -0.05) is 45.0 Å². The SMILES string of the molecule is CCC(C)(C)c1ccc(OCCOc2ccc(CCC(=O)O)cc2)cc1. The first-order chi connectivity index (χ1) is 12.4. The molecule has 0 saturated heterocycles. The third-order valence-corrected chi connectivity index (χ3v) is 4.69. The fourth-order valence-corrected chi connectivity index (χ4v) is 2.53. The van der Waals surface area contributed by atoms with E-state index in [4.69, 9.17) is 14.6 Å². The zero-order chi connectivity index (χ0) is 19.0. The van der Waals surface area contributed by atoms with Gasteiger partial charge in [-0.2, -0.15) is 0 Å². The van der Waals surface area contributed by atoms with Crippen molar-refractivity contribution in [1.29, 1.82) is 0 Å². The normalized spacial score (nSPS) is 11.2. The van der Waals surface area contributed by atoms with E-state index in [9.17, 15) is 4.79 Å². The average molecular weight is 356 g/mol. The fourth-order valence-electron chi connectivity index (χ4n) is 2.53. The van der Waals surface area contributed by atoms with Crippen LogP contribution in [0.25, 0.3) is 0 Å². The van der Waals surface area contributed by atoms with Gasteiger partial charge in [-0.3, -0.25) is 4.79 Å². The van der Waals surface area contributed by atoms with Crippen molar-refractivity contribution in [1.82, 2.24) is 0 Å². The van der Waals surface area contributed by atoms with Crippen molar-refractivity contribution in [2.24, 2.45) is 0 Å². The predicted molar refractivity (Wildman–Crippen MR) is 103 cm³/mol. The van der Waals surface area contributed by atoms with Gasteiger partial charge in [0.2, 0.25) is 0 Å². The molecule has 0 aliphatic carbocycles. The maximum absolute atomic E-state index is 10.6. The van der Waals surface area contributed by atoms with Crippen LogP contribution in [0.2, 0.25) is 0 Å². The quantitative estimate of drug-likeness (QED) is 0.618. The second kappa shape index (κ2) is 9.27. The number of carbonyl (C=O) groups is 1. The van der Waals surface area contributed by atoms with E-state index >= 15 is 0 Å². The third kappa shape index (κ3) is 6.10. The van der Waals surface area contributed by atoms with Crippen molar-refractivity contribution in [2.75, 3.05) is 13.2 Å². The number of carboxylic acids is 1. The average Bonchev–Trinajstić information content (AvgIpc) is 2.65. The molecule has 0 amide bonds. The summed E-state index contributed by atoms with van der Waals surface area (Å²) in [5.74, 6) is 0.815. The summed E-state index contributed by atoms with van der Waals surface area (Å²) in [7, 11) is 0. The Morgan fingerprint density at radius 3 is 1.88 bits per heavy atom. The van der Waals surface area contributed by atoms with E-state index in [0.29, 0.717) is 19.6 Å². The molecule has 0 fully saturated rings. The second-order valence-corrected chi connectivity index (χ2v) is 7.00. The summed E-state index contributed by atoms with van der Waals surface area (Å²) in [5.41, 5.74) is 2.48. The summed E-state index contributed by atoms with van der Waals surface area (Å²) < 4.78 is 11.4. The van der Waals surface area contributed by atoms with Gasteiger partial charge < -0.3 is 14.6 Å². The van der Waals surface area contributed by atoms with E-state index < -0.39 is 5.97 Å². The lowest BCUT2D eigenvalue weighted by Crippen LogP contribution is -2.15. The molecule has 0 radical (unpaired) electrons. The fraction of sp³-hybridized carbons (Fsp3) is 0.409. The molecule has 26 heavy (non-hydrogen) atoms. The van der Waals surface area contributed by atoms with Crippen LogP contribution in [0.3, 0.4) is 0 Å². The van der Waals surface area contributed by atoms with Crippen LogP contribution in [0.15, 0.2) is 48.5 Å². The van der Waals surface area contributed by atoms with E-state index in [1.54, 1.807) is 0 Å². The maximum Gasteiger partial charge on any atom is 0.303 e. The van der Waals surface area contributed by atoms with Crippen LogP contribution in [0.1, 0.15) is 44.7 Å². The second-order valence-electron chi connectivity index (χ2n) is 7.00. The van der Waals surface area contributed by atoms with Crippen LogP contribution < -0.4 is 9.47 Å². The van der Waals surface area contributed by atoms with Crippen molar-refractivity contribution < 1.29 is 19.4 Å². The molecule has 0 saturated carbocycles. The maximum atomic E-state index is 10.6. The molecule has 4 heteroatoms. The molecular weight excluding hydrogens is 328 g/mol. The molecule has 4 nitrogen and oxygen atoms in total. The molecule has 0 unspecified atom stereocenters. The van der Waals surface area contributed by atoms with Gasteiger partial charge in [-0.15, -0.1) is 0 Å². The topological polar surface area (TPSA) is 55.8 Å². The van der Waals surface area contributed by atoms with E-state index in [1.807, 2.05) is 36.4 Å². The molecule has 2 rings (SSSR count). The van der Waals surface area contributed by atoms with Crippen LogP contribution in [0.5, 0.6) is 11.5 Å². The third-order valence-electron chi connectivity index (χ3n) is 4.69. The van der Waals surface area contributed by atoms with Gasteiger partial charge in [0.15, 0.2) is 0 Å². The molecule has 2 aromatic carbocycles. The van der Waals surface area contributed by atoms with E-state index in [1.165, 1.54) is 5.56 Å².